The van der Waals surface area contributed by atoms with Crippen LogP contribution in [-0.2, 0) is 6.42 Å². The Labute approximate surface area is 110 Å². The third-order valence-electron chi connectivity index (χ3n) is 3.66. The lowest BCUT2D eigenvalue weighted by molar-refractivity contribution is 0.484. The van der Waals surface area contributed by atoms with Gasteiger partial charge in [-0.25, -0.2) is 0 Å². The number of halogens is 1. The molecule has 0 aromatic heterocycles. The van der Waals surface area contributed by atoms with Crippen molar-refractivity contribution < 1.29 is 0 Å². The summed E-state index contributed by atoms with van der Waals surface area (Å²) in [5.41, 5.74) is 1.43. The molecule has 1 nitrogen and oxygen atoms in total. The molecular weight excluding hydrogens is 230 g/mol. The Kier molecular flexibility index (Phi) is 4.87. The van der Waals surface area contributed by atoms with Crippen LogP contribution in [0.4, 0.5) is 0 Å². The van der Waals surface area contributed by atoms with E-state index in [-0.39, 0.29) is 0 Å². The minimum Gasteiger partial charge on any atom is -0.314 e. The van der Waals surface area contributed by atoms with E-state index in [1.54, 1.807) is 0 Å². The van der Waals surface area contributed by atoms with E-state index >= 15 is 0 Å². The van der Waals surface area contributed by atoms with Crippen LogP contribution in [0.1, 0.15) is 38.2 Å². The summed E-state index contributed by atoms with van der Waals surface area (Å²) in [6.07, 6.45) is 6.49. The fourth-order valence-corrected chi connectivity index (χ4v) is 2.87. The van der Waals surface area contributed by atoms with Crippen LogP contribution in [-0.4, -0.2) is 12.6 Å². The maximum absolute atomic E-state index is 5.90. The molecule has 1 N–H and O–H groups in total. The molecule has 2 unspecified atom stereocenters. The number of hydrogen-bond acceptors (Lipinski definition) is 1. The number of rotatable bonds is 5. The zero-order valence-electron chi connectivity index (χ0n) is 10.6. The highest BCUT2D eigenvalue weighted by molar-refractivity contribution is 6.30. The van der Waals surface area contributed by atoms with E-state index in [0.29, 0.717) is 0 Å². The predicted octanol–water partition coefficient (Wildman–Crippen LogP) is 4.05. The summed E-state index contributed by atoms with van der Waals surface area (Å²) >= 11 is 5.90. The van der Waals surface area contributed by atoms with Gasteiger partial charge < -0.3 is 5.32 Å². The highest BCUT2D eigenvalue weighted by Crippen LogP contribution is 2.29. The second-order valence-corrected chi connectivity index (χ2v) is 5.60. The second-order valence-electron chi connectivity index (χ2n) is 5.16. The molecule has 2 rings (SSSR count). The molecule has 1 aromatic rings. The predicted molar refractivity (Wildman–Crippen MR) is 74.6 cm³/mol. The molecule has 1 aromatic carbocycles. The Balaban J connectivity index is 1.79. The van der Waals surface area contributed by atoms with Crippen molar-refractivity contribution in [1.82, 2.24) is 5.32 Å². The molecule has 2 atom stereocenters. The molecule has 0 radical (unpaired) electrons. The van der Waals surface area contributed by atoms with Gasteiger partial charge in [-0.2, -0.15) is 0 Å². The Hall–Kier alpha value is -0.530. The Morgan fingerprint density at radius 1 is 1.24 bits per heavy atom. The van der Waals surface area contributed by atoms with Crippen LogP contribution < -0.4 is 5.32 Å². The van der Waals surface area contributed by atoms with Gasteiger partial charge in [0.05, 0.1) is 0 Å². The molecule has 1 saturated carbocycles. The van der Waals surface area contributed by atoms with Gasteiger partial charge in [0.25, 0.3) is 0 Å². The van der Waals surface area contributed by atoms with Gasteiger partial charge in [-0.15, -0.1) is 0 Å². The van der Waals surface area contributed by atoms with Crippen LogP contribution >= 0.6 is 11.6 Å². The molecule has 0 bridgehead atoms. The fourth-order valence-electron chi connectivity index (χ4n) is 2.75. The Morgan fingerprint density at radius 2 is 2.00 bits per heavy atom. The molecule has 1 aliphatic rings. The molecule has 1 fully saturated rings. The van der Waals surface area contributed by atoms with Gasteiger partial charge in [0.2, 0.25) is 0 Å². The molecule has 0 heterocycles. The lowest BCUT2D eigenvalue weighted by atomic mass is 9.98. The van der Waals surface area contributed by atoms with Crippen molar-refractivity contribution in [3.05, 3.63) is 34.9 Å². The zero-order valence-corrected chi connectivity index (χ0v) is 11.3. The Morgan fingerprint density at radius 3 is 2.71 bits per heavy atom. The van der Waals surface area contributed by atoms with E-state index in [0.717, 1.165) is 17.0 Å². The van der Waals surface area contributed by atoms with Crippen LogP contribution in [0.5, 0.6) is 0 Å². The lowest BCUT2D eigenvalue weighted by Crippen LogP contribution is -2.27. The minimum absolute atomic E-state index is 0.757. The molecule has 94 valence electrons. The standard InChI is InChI=1S/C15H22ClN/c1-2-9-17-15-8-5-13(11-15)10-12-3-6-14(16)7-4-12/h3-4,6-7,13,15,17H,2,5,8-11H2,1H3. The minimum atomic E-state index is 0.757. The van der Waals surface area contributed by atoms with Gasteiger partial charge in [0.1, 0.15) is 0 Å². The van der Waals surface area contributed by atoms with Crippen LogP contribution in [0.25, 0.3) is 0 Å². The van der Waals surface area contributed by atoms with Gasteiger partial charge in [-0.05, 0) is 62.3 Å². The van der Waals surface area contributed by atoms with Crippen molar-refractivity contribution in [2.45, 2.75) is 45.1 Å². The van der Waals surface area contributed by atoms with Gasteiger partial charge in [-0.1, -0.05) is 30.7 Å². The summed E-state index contributed by atoms with van der Waals surface area (Å²) in [5.74, 6) is 0.852. The Bertz CT molecular complexity index is 333. The molecule has 0 aliphatic heterocycles. The van der Waals surface area contributed by atoms with Crippen molar-refractivity contribution in [2.75, 3.05) is 6.54 Å². The average Bonchev–Trinajstić information content (AvgIpc) is 2.77. The second kappa shape index (κ2) is 6.42. The van der Waals surface area contributed by atoms with Crippen LogP contribution in [0, 0.1) is 5.92 Å². The first kappa shape index (κ1) is 12.9. The summed E-state index contributed by atoms with van der Waals surface area (Å²) in [6, 6.07) is 9.08. The van der Waals surface area contributed by atoms with E-state index in [1.165, 1.54) is 44.2 Å². The monoisotopic (exact) mass is 251 g/mol. The van der Waals surface area contributed by atoms with Gasteiger partial charge >= 0.3 is 0 Å². The zero-order chi connectivity index (χ0) is 12.1. The topological polar surface area (TPSA) is 12.0 Å². The fraction of sp³-hybridized carbons (Fsp3) is 0.600. The van der Waals surface area contributed by atoms with E-state index in [4.69, 9.17) is 11.6 Å². The molecule has 2 heteroatoms. The lowest BCUT2D eigenvalue weighted by Gasteiger charge is -2.12. The van der Waals surface area contributed by atoms with Crippen LogP contribution in [0.2, 0.25) is 5.02 Å². The van der Waals surface area contributed by atoms with E-state index in [1.807, 2.05) is 12.1 Å². The smallest absolute Gasteiger partial charge is 0.0406 e. The molecule has 0 saturated heterocycles. The van der Waals surface area contributed by atoms with Gasteiger partial charge in [-0.3, -0.25) is 0 Å². The summed E-state index contributed by atoms with van der Waals surface area (Å²) < 4.78 is 0. The van der Waals surface area contributed by atoms with E-state index in [9.17, 15) is 0 Å². The normalized spacial score (nSPS) is 24.1. The number of hydrogen-bond donors (Lipinski definition) is 1. The van der Waals surface area contributed by atoms with E-state index in [2.05, 4.69) is 24.4 Å². The largest absolute Gasteiger partial charge is 0.314 e. The van der Waals surface area contributed by atoms with Crippen molar-refractivity contribution >= 4 is 11.6 Å². The quantitative estimate of drug-likeness (QED) is 0.833. The molecule has 1 aliphatic carbocycles. The highest BCUT2D eigenvalue weighted by atomic mass is 35.5. The average molecular weight is 252 g/mol. The molecule has 0 spiro atoms. The van der Waals surface area contributed by atoms with Gasteiger partial charge in [0, 0.05) is 11.1 Å². The van der Waals surface area contributed by atoms with Crippen molar-refractivity contribution in [3.8, 4) is 0 Å². The van der Waals surface area contributed by atoms with Crippen LogP contribution in [0.15, 0.2) is 24.3 Å². The molecule has 0 amide bonds. The first-order chi connectivity index (χ1) is 8.28. The first-order valence-electron chi connectivity index (χ1n) is 6.75. The summed E-state index contributed by atoms with van der Waals surface area (Å²) in [5, 5.41) is 4.47. The highest BCUT2D eigenvalue weighted by Gasteiger charge is 2.23. The SMILES string of the molecule is CCCNC1CCC(Cc2ccc(Cl)cc2)C1. The van der Waals surface area contributed by atoms with Crippen LogP contribution in [0.3, 0.4) is 0 Å². The third-order valence-corrected chi connectivity index (χ3v) is 3.91. The summed E-state index contributed by atoms with van der Waals surface area (Å²) in [4.78, 5) is 0. The van der Waals surface area contributed by atoms with Crippen molar-refractivity contribution in [1.29, 1.82) is 0 Å². The van der Waals surface area contributed by atoms with Crippen molar-refractivity contribution in [2.24, 2.45) is 5.92 Å². The number of benzene rings is 1. The summed E-state index contributed by atoms with van der Waals surface area (Å²) in [7, 11) is 0. The maximum Gasteiger partial charge on any atom is 0.0406 e. The van der Waals surface area contributed by atoms with Crippen molar-refractivity contribution in [3.63, 3.8) is 0 Å². The summed E-state index contributed by atoms with van der Waals surface area (Å²) in [6.45, 7) is 3.39. The molecule has 17 heavy (non-hydrogen) atoms. The van der Waals surface area contributed by atoms with E-state index < -0.39 is 0 Å². The van der Waals surface area contributed by atoms with Gasteiger partial charge in [0.15, 0.2) is 0 Å². The number of nitrogens with one attached hydrogen (secondary N) is 1. The maximum atomic E-state index is 5.90. The molecular formula is C15H22ClN. The third kappa shape index (κ3) is 4.01. The first-order valence-corrected chi connectivity index (χ1v) is 7.13.